The number of nitrogens with one attached hydrogen (secondary N) is 1. The minimum Gasteiger partial charge on any atom is -0.396 e. The molecule has 0 bridgehead atoms. The summed E-state index contributed by atoms with van der Waals surface area (Å²) in [5.74, 6) is 0. The van der Waals surface area contributed by atoms with Gasteiger partial charge in [-0.1, -0.05) is 37.0 Å². The first-order chi connectivity index (χ1) is 9.52. The van der Waals surface area contributed by atoms with Crippen LogP contribution in [0, 0.1) is 19.3 Å². The first-order valence-electron chi connectivity index (χ1n) is 6.57. The largest absolute Gasteiger partial charge is 0.396 e. The van der Waals surface area contributed by atoms with E-state index in [0.29, 0.717) is 22.6 Å². The molecule has 21 heavy (non-hydrogen) atoms. The Morgan fingerprint density at radius 1 is 1.29 bits per heavy atom. The highest BCUT2D eigenvalue weighted by Crippen LogP contribution is 2.33. The molecule has 0 aliphatic carbocycles. The van der Waals surface area contributed by atoms with Crippen LogP contribution in [-0.4, -0.2) is 26.7 Å². The molecular formula is C14H21Cl2NO3S. The molecule has 0 aromatic heterocycles. The minimum absolute atomic E-state index is 0.00475. The minimum atomic E-state index is -3.77. The Bertz CT molecular complexity index is 601. The van der Waals surface area contributed by atoms with E-state index in [1.165, 1.54) is 0 Å². The molecule has 0 fully saturated rings. The van der Waals surface area contributed by atoms with Gasteiger partial charge in [-0.15, -0.1) is 0 Å². The first kappa shape index (κ1) is 18.7. The topological polar surface area (TPSA) is 66.4 Å². The smallest absolute Gasteiger partial charge is 0.242 e. The average Bonchev–Trinajstić information content (AvgIpc) is 2.34. The highest BCUT2D eigenvalue weighted by Gasteiger charge is 2.26. The van der Waals surface area contributed by atoms with Crippen LogP contribution in [0.1, 0.15) is 31.4 Å². The van der Waals surface area contributed by atoms with Crippen molar-refractivity contribution in [3.63, 3.8) is 0 Å². The third kappa shape index (κ3) is 4.57. The zero-order valence-corrected chi connectivity index (χ0v) is 15.0. The number of benzene rings is 1. The van der Waals surface area contributed by atoms with Crippen molar-refractivity contribution in [2.24, 2.45) is 5.41 Å². The van der Waals surface area contributed by atoms with Gasteiger partial charge in [-0.3, -0.25) is 0 Å². The molecule has 0 saturated carbocycles. The van der Waals surface area contributed by atoms with Crippen molar-refractivity contribution < 1.29 is 13.5 Å². The van der Waals surface area contributed by atoms with Gasteiger partial charge in [0.25, 0.3) is 0 Å². The quantitative estimate of drug-likeness (QED) is 0.824. The van der Waals surface area contributed by atoms with Gasteiger partial charge in [-0.2, -0.15) is 0 Å². The Morgan fingerprint density at radius 3 is 2.38 bits per heavy atom. The van der Waals surface area contributed by atoms with E-state index < -0.39 is 10.0 Å². The van der Waals surface area contributed by atoms with Crippen molar-refractivity contribution in [3.8, 4) is 0 Å². The maximum absolute atomic E-state index is 12.5. The number of sulfonamides is 1. The van der Waals surface area contributed by atoms with Crippen molar-refractivity contribution in [2.45, 2.75) is 39.0 Å². The molecule has 0 aliphatic heterocycles. The number of hydrogen-bond donors (Lipinski definition) is 2. The molecule has 2 N–H and O–H groups in total. The molecule has 120 valence electrons. The second kappa shape index (κ2) is 6.84. The summed E-state index contributed by atoms with van der Waals surface area (Å²) in [6, 6.07) is 1.65. The van der Waals surface area contributed by atoms with Gasteiger partial charge in [0.2, 0.25) is 10.0 Å². The fraction of sp³-hybridized carbons (Fsp3) is 0.571. The Morgan fingerprint density at radius 2 is 1.86 bits per heavy atom. The fourth-order valence-corrected chi connectivity index (χ4v) is 4.34. The van der Waals surface area contributed by atoms with E-state index in [1.807, 2.05) is 13.8 Å². The SMILES string of the molecule is Cc1cc(Cl)c(C)c(S(=O)(=O)NCC(C)(C)CCO)c1Cl. The fourth-order valence-electron chi connectivity index (χ4n) is 1.89. The van der Waals surface area contributed by atoms with Crippen molar-refractivity contribution in [2.75, 3.05) is 13.2 Å². The molecule has 0 unspecified atom stereocenters. The molecule has 0 amide bonds. The van der Waals surface area contributed by atoms with E-state index >= 15 is 0 Å². The highest BCUT2D eigenvalue weighted by atomic mass is 35.5. The summed E-state index contributed by atoms with van der Waals surface area (Å²) in [7, 11) is -3.77. The number of aliphatic hydroxyl groups is 1. The van der Waals surface area contributed by atoms with Crippen LogP contribution in [0.3, 0.4) is 0 Å². The Kier molecular flexibility index (Phi) is 6.09. The molecule has 0 atom stereocenters. The van der Waals surface area contributed by atoms with Gasteiger partial charge in [0, 0.05) is 18.2 Å². The molecule has 1 aromatic rings. The predicted octanol–water partition coefficient (Wildman–Crippen LogP) is 3.30. The molecule has 0 heterocycles. The van der Waals surface area contributed by atoms with Gasteiger partial charge >= 0.3 is 0 Å². The molecule has 0 aliphatic rings. The van der Waals surface area contributed by atoms with Gasteiger partial charge in [-0.25, -0.2) is 13.1 Å². The number of hydrogen-bond acceptors (Lipinski definition) is 3. The van der Waals surface area contributed by atoms with E-state index in [4.69, 9.17) is 28.3 Å². The summed E-state index contributed by atoms with van der Waals surface area (Å²) >= 11 is 12.2. The molecule has 0 spiro atoms. The van der Waals surface area contributed by atoms with Crippen LogP contribution in [0.5, 0.6) is 0 Å². The third-order valence-electron chi connectivity index (χ3n) is 3.39. The van der Waals surface area contributed by atoms with Gasteiger partial charge in [0.05, 0.1) is 5.02 Å². The summed E-state index contributed by atoms with van der Waals surface area (Å²) in [6.45, 7) is 7.30. The zero-order chi connectivity index (χ0) is 16.4. The Labute approximate surface area is 136 Å². The van der Waals surface area contributed by atoms with Crippen LogP contribution in [0.4, 0.5) is 0 Å². The van der Waals surface area contributed by atoms with E-state index in [-0.39, 0.29) is 28.5 Å². The Balaban J connectivity index is 3.16. The molecular weight excluding hydrogens is 333 g/mol. The summed E-state index contributed by atoms with van der Waals surface area (Å²) in [5, 5.41) is 9.55. The standard InChI is InChI=1S/C14H21Cl2NO3S/c1-9-7-11(15)10(2)13(12(9)16)21(19,20)17-8-14(3,4)5-6-18/h7,17-18H,5-6,8H2,1-4H3. The number of aryl methyl sites for hydroxylation is 1. The lowest BCUT2D eigenvalue weighted by atomic mass is 9.90. The molecule has 7 heteroatoms. The average molecular weight is 354 g/mol. The van der Waals surface area contributed by atoms with Gasteiger partial charge in [0.1, 0.15) is 4.90 Å². The second-order valence-electron chi connectivity index (χ2n) is 5.91. The number of aliphatic hydroxyl groups excluding tert-OH is 1. The predicted molar refractivity (Wildman–Crippen MR) is 86.6 cm³/mol. The zero-order valence-electron chi connectivity index (χ0n) is 12.6. The van der Waals surface area contributed by atoms with Crippen LogP contribution >= 0.6 is 23.2 Å². The number of halogens is 2. The molecule has 0 radical (unpaired) electrons. The van der Waals surface area contributed by atoms with Gasteiger partial charge in [0.15, 0.2) is 0 Å². The summed E-state index contributed by atoms with van der Waals surface area (Å²) in [4.78, 5) is 0.0222. The van der Waals surface area contributed by atoms with Crippen LogP contribution in [-0.2, 0) is 10.0 Å². The summed E-state index contributed by atoms with van der Waals surface area (Å²) in [6.07, 6.45) is 0.497. The third-order valence-corrected chi connectivity index (χ3v) is 5.95. The highest BCUT2D eigenvalue weighted by molar-refractivity contribution is 7.89. The molecule has 1 rings (SSSR count). The molecule has 0 saturated heterocycles. The van der Waals surface area contributed by atoms with Crippen molar-refractivity contribution in [3.05, 3.63) is 27.2 Å². The van der Waals surface area contributed by atoms with Crippen LogP contribution in [0.2, 0.25) is 10.0 Å². The van der Waals surface area contributed by atoms with Crippen LogP contribution < -0.4 is 4.72 Å². The summed E-state index contributed by atoms with van der Waals surface area (Å²) in [5.41, 5.74) is 0.692. The summed E-state index contributed by atoms with van der Waals surface area (Å²) < 4.78 is 27.6. The van der Waals surface area contributed by atoms with Crippen LogP contribution in [0.25, 0.3) is 0 Å². The van der Waals surface area contributed by atoms with Gasteiger partial charge in [-0.05, 0) is 42.9 Å². The van der Waals surface area contributed by atoms with Crippen molar-refractivity contribution in [1.29, 1.82) is 0 Å². The monoisotopic (exact) mass is 353 g/mol. The van der Waals surface area contributed by atoms with E-state index in [1.54, 1.807) is 19.9 Å². The van der Waals surface area contributed by atoms with Crippen molar-refractivity contribution >= 4 is 33.2 Å². The van der Waals surface area contributed by atoms with Crippen LogP contribution in [0.15, 0.2) is 11.0 Å². The normalized spacial score (nSPS) is 12.7. The lowest BCUT2D eigenvalue weighted by Crippen LogP contribution is -2.35. The van der Waals surface area contributed by atoms with Gasteiger partial charge < -0.3 is 5.11 Å². The maximum Gasteiger partial charge on any atom is 0.242 e. The van der Waals surface area contributed by atoms with E-state index in [0.717, 1.165) is 0 Å². The Hall–Kier alpha value is -0.330. The number of rotatable bonds is 6. The molecule has 1 aromatic carbocycles. The molecule has 4 nitrogen and oxygen atoms in total. The second-order valence-corrected chi connectivity index (χ2v) is 8.39. The van der Waals surface area contributed by atoms with E-state index in [2.05, 4.69) is 4.72 Å². The lowest BCUT2D eigenvalue weighted by molar-refractivity contribution is 0.213. The maximum atomic E-state index is 12.5. The van der Waals surface area contributed by atoms with Crippen molar-refractivity contribution in [1.82, 2.24) is 4.72 Å². The lowest BCUT2D eigenvalue weighted by Gasteiger charge is -2.24. The first-order valence-corrected chi connectivity index (χ1v) is 8.81. The van der Waals surface area contributed by atoms with E-state index in [9.17, 15) is 8.42 Å².